The third-order valence-corrected chi connectivity index (χ3v) is 4.37. The topological polar surface area (TPSA) is 93.5 Å². The number of aliphatic hydroxyl groups is 4. The zero-order valence-corrected chi connectivity index (χ0v) is 9.49. The summed E-state index contributed by atoms with van der Waals surface area (Å²) < 4.78 is 5.14. The predicted octanol–water partition coefficient (Wildman–Crippen LogP) is -1.06. The van der Waals surface area contributed by atoms with Gasteiger partial charge in [0.1, 0.15) is 11.2 Å². The van der Waals surface area contributed by atoms with Crippen molar-refractivity contribution in [1.82, 2.24) is 0 Å². The van der Waals surface area contributed by atoms with E-state index in [1.807, 2.05) is 0 Å². The molecule has 3 aliphatic rings. The Hall–Kier alpha value is -0.460. The van der Waals surface area contributed by atoms with Gasteiger partial charge in [-0.3, -0.25) is 0 Å². The van der Waals surface area contributed by atoms with Crippen LogP contribution < -0.4 is 0 Å². The van der Waals surface area contributed by atoms with Crippen LogP contribution in [0.4, 0.5) is 0 Å². The normalized spacial score (nSPS) is 56.9. The van der Waals surface area contributed by atoms with E-state index in [2.05, 4.69) is 0 Å². The third kappa shape index (κ3) is 1.65. The Kier molecular flexibility index (Phi) is 2.41. The van der Waals surface area contributed by atoms with Crippen LogP contribution in [0.25, 0.3) is 0 Å². The van der Waals surface area contributed by atoms with Gasteiger partial charge in [-0.15, -0.1) is 0 Å². The van der Waals surface area contributed by atoms with Gasteiger partial charge in [-0.2, -0.15) is 0 Å². The van der Waals surface area contributed by atoms with Crippen LogP contribution in [0.3, 0.4) is 0 Å². The van der Waals surface area contributed by atoms with Crippen LogP contribution in [0.5, 0.6) is 0 Å². The second kappa shape index (κ2) is 3.52. The maximum atomic E-state index is 10.7. The van der Waals surface area contributed by atoms with E-state index in [0.29, 0.717) is 13.0 Å². The molecule has 96 valence electrons. The van der Waals surface area contributed by atoms with E-state index in [1.54, 1.807) is 12.2 Å². The molecule has 4 N–H and O–H groups in total. The smallest absolute Gasteiger partial charge is 0.115 e. The number of fused-ring (bicyclic) bond motifs is 1. The second-order valence-electron chi connectivity index (χ2n) is 5.55. The van der Waals surface area contributed by atoms with Crippen molar-refractivity contribution in [2.24, 2.45) is 5.92 Å². The molecule has 0 spiro atoms. The molecule has 0 aromatic heterocycles. The van der Waals surface area contributed by atoms with Crippen molar-refractivity contribution in [2.45, 2.75) is 48.8 Å². The minimum absolute atomic E-state index is 0.00491. The summed E-state index contributed by atoms with van der Waals surface area (Å²) in [5.74, 6) is -0.220. The number of ether oxygens (including phenoxy) is 1. The molecule has 2 fully saturated rings. The summed E-state index contributed by atoms with van der Waals surface area (Å²) >= 11 is 0. The molecule has 1 aliphatic heterocycles. The van der Waals surface area contributed by atoms with Gasteiger partial charge in [0.05, 0.1) is 24.9 Å². The molecular formula is C12H18O5. The fraction of sp³-hybridized carbons (Fsp3) is 0.833. The van der Waals surface area contributed by atoms with E-state index in [-0.39, 0.29) is 24.9 Å². The highest BCUT2D eigenvalue weighted by molar-refractivity contribution is 5.28. The van der Waals surface area contributed by atoms with Crippen LogP contribution in [0.2, 0.25) is 0 Å². The lowest BCUT2D eigenvalue weighted by Crippen LogP contribution is -2.62. The monoisotopic (exact) mass is 242 g/mol. The molecule has 17 heavy (non-hydrogen) atoms. The SMILES string of the molecule is OC1C[C@@]2(O)[C@@H](CC3CO3)C=C[C@]2(O)CC1O. The molecule has 5 nitrogen and oxygen atoms in total. The minimum Gasteiger partial charge on any atom is -0.390 e. The largest absolute Gasteiger partial charge is 0.390 e. The fourth-order valence-electron chi connectivity index (χ4n) is 3.14. The Morgan fingerprint density at radius 3 is 2.47 bits per heavy atom. The van der Waals surface area contributed by atoms with Gasteiger partial charge < -0.3 is 25.2 Å². The summed E-state index contributed by atoms with van der Waals surface area (Å²) in [5, 5.41) is 40.4. The first-order valence-corrected chi connectivity index (χ1v) is 6.06. The van der Waals surface area contributed by atoms with Crippen molar-refractivity contribution in [3.63, 3.8) is 0 Å². The van der Waals surface area contributed by atoms with Crippen molar-refractivity contribution in [3.8, 4) is 0 Å². The van der Waals surface area contributed by atoms with Crippen molar-refractivity contribution in [2.75, 3.05) is 6.61 Å². The van der Waals surface area contributed by atoms with E-state index >= 15 is 0 Å². The number of aliphatic hydroxyl groups excluding tert-OH is 2. The van der Waals surface area contributed by atoms with E-state index < -0.39 is 23.4 Å². The molecule has 0 radical (unpaired) electrons. The Bertz CT molecular complexity index is 353. The summed E-state index contributed by atoms with van der Waals surface area (Å²) in [6.45, 7) is 0.698. The Balaban J connectivity index is 1.84. The first kappa shape index (κ1) is 11.6. The van der Waals surface area contributed by atoms with Gasteiger partial charge in [-0.1, -0.05) is 12.2 Å². The third-order valence-electron chi connectivity index (χ3n) is 4.37. The van der Waals surface area contributed by atoms with Crippen LogP contribution in [-0.2, 0) is 4.74 Å². The van der Waals surface area contributed by atoms with Gasteiger partial charge >= 0.3 is 0 Å². The molecule has 3 unspecified atom stereocenters. The van der Waals surface area contributed by atoms with E-state index in [4.69, 9.17) is 4.74 Å². The summed E-state index contributed by atoms with van der Waals surface area (Å²) in [6, 6.07) is 0. The van der Waals surface area contributed by atoms with Crippen LogP contribution in [0, 0.1) is 5.92 Å². The van der Waals surface area contributed by atoms with E-state index in [0.717, 1.165) is 0 Å². The van der Waals surface area contributed by atoms with Crippen molar-refractivity contribution < 1.29 is 25.2 Å². The molecule has 1 saturated heterocycles. The summed E-state index contributed by atoms with van der Waals surface area (Å²) in [6.07, 6.45) is 2.15. The molecule has 1 heterocycles. The molecule has 0 bridgehead atoms. The standard InChI is InChI=1S/C12H18O5/c13-9-4-11(15)2-1-7(3-8-6-17-8)12(11,16)5-10(9)14/h1-2,7-10,13-16H,3-6H2/t7-,8?,9?,10?,11+,12-/m1/s1. The molecule has 1 saturated carbocycles. The van der Waals surface area contributed by atoms with Gasteiger partial charge in [0.25, 0.3) is 0 Å². The lowest BCUT2D eigenvalue weighted by molar-refractivity contribution is -0.209. The average molecular weight is 242 g/mol. The van der Waals surface area contributed by atoms with Crippen LogP contribution in [0.15, 0.2) is 12.2 Å². The highest BCUT2D eigenvalue weighted by Crippen LogP contribution is 2.50. The van der Waals surface area contributed by atoms with Crippen molar-refractivity contribution in [1.29, 1.82) is 0 Å². The van der Waals surface area contributed by atoms with Gasteiger partial charge in [0.2, 0.25) is 0 Å². The summed E-state index contributed by atoms with van der Waals surface area (Å²) in [7, 11) is 0. The predicted molar refractivity (Wildman–Crippen MR) is 58.1 cm³/mol. The molecule has 6 atom stereocenters. The average Bonchev–Trinajstić information content (AvgIpc) is 3.01. The van der Waals surface area contributed by atoms with Gasteiger partial charge in [-0.05, 0) is 6.42 Å². The van der Waals surface area contributed by atoms with Gasteiger partial charge in [0, 0.05) is 18.8 Å². The van der Waals surface area contributed by atoms with E-state index in [9.17, 15) is 20.4 Å². The zero-order valence-electron chi connectivity index (χ0n) is 9.49. The van der Waals surface area contributed by atoms with Crippen LogP contribution >= 0.6 is 0 Å². The van der Waals surface area contributed by atoms with Gasteiger partial charge in [0.15, 0.2) is 0 Å². The van der Waals surface area contributed by atoms with Crippen LogP contribution in [0.1, 0.15) is 19.3 Å². The van der Waals surface area contributed by atoms with Crippen LogP contribution in [-0.4, -0.2) is 56.5 Å². The fourth-order valence-corrected chi connectivity index (χ4v) is 3.14. The highest BCUT2D eigenvalue weighted by Gasteiger charge is 2.61. The maximum absolute atomic E-state index is 10.7. The maximum Gasteiger partial charge on any atom is 0.115 e. The summed E-state index contributed by atoms with van der Waals surface area (Å²) in [5.41, 5.74) is -2.80. The zero-order chi connectivity index (χ0) is 12.3. The van der Waals surface area contributed by atoms with Crippen molar-refractivity contribution in [3.05, 3.63) is 12.2 Å². The first-order chi connectivity index (χ1) is 7.95. The van der Waals surface area contributed by atoms with Gasteiger partial charge in [-0.25, -0.2) is 0 Å². The molecule has 0 aromatic carbocycles. The molecule has 2 aliphatic carbocycles. The number of hydrogen-bond donors (Lipinski definition) is 4. The quantitative estimate of drug-likeness (QED) is 0.366. The number of epoxide rings is 1. The highest BCUT2D eigenvalue weighted by atomic mass is 16.6. The Morgan fingerprint density at radius 2 is 1.82 bits per heavy atom. The lowest BCUT2D eigenvalue weighted by atomic mass is 9.67. The second-order valence-corrected chi connectivity index (χ2v) is 5.55. The van der Waals surface area contributed by atoms with Crippen molar-refractivity contribution >= 4 is 0 Å². The number of hydrogen-bond acceptors (Lipinski definition) is 5. The van der Waals surface area contributed by atoms with E-state index in [1.165, 1.54) is 0 Å². The molecule has 0 aromatic rings. The lowest BCUT2D eigenvalue weighted by Gasteiger charge is -2.48. The Morgan fingerprint density at radius 1 is 1.18 bits per heavy atom. The molecule has 5 heteroatoms. The molecule has 0 amide bonds. The Labute approximate surface area is 99.3 Å². The first-order valence-electron chi connectivity index (χ1n) is 6.06. The summed E-state index contributed by atoms with van der Waals surface area (Å²) in [4.78, 5) is 0. The molecule has 3 rings (SSSR count). The molecular weight excluding hydrogens is 224 g/mol. The number of rotatable bonds is 2. The minimum atomic E-state index is -1.43.